The summed E-state index contributed by atoms with van der Waals surface area (Å²) < 4.78 is 49.4. The normalized spacial score (nSPS) is 18.3. The van der Waals surface area contributed by atoms with E-state index >= 15 is 4.39 Å². The monoisotopic (exact) mass is 530 g/mol. The number of hydrogen-bond donors (Lipinski definition) is 4. The molecular weight excluding hydrogens is 501 g/mol. The lowest BCUT2D eigenvalue weighted by Gasteiger charge is -2.25. The van der Waals surface area contributed by atoms with Crippen LogP contribution in [0, 0.1) is 5.82 Å². The van der Waals surface area contributed by atoms with Crippen molar-refractivity contribution in [2.24, 2.45) is 0 Å². The van der Waals surface area contributed by atoms with E-state index in [9.17, 15) is 28.9 Å². The van der Waals surface area contributed by atoms with Gasteiger partial charge >= 0.3 is 6.11 Å². The molecule has 2 aliphatic rings. The Labute approximate surface area is 217 Å². The molecule has 0 spiro atoms. The summed E-state index contributed by atoms with van der Waals surface area (Å²) in [5.41, 5.74) is -0.523. The van der Waals surface area contributed by atoms with Crippen LogP contribution in [-0.2, 0) is 22.2 Å². The molecule has 1 fully saturated rings. The van der Waals surface area contributed by atoms with E-state index in [0.29, 0.717) is 35.0 Å². The van der Waals surface area contributed by atoms with Crippen LogP contribution in [0.3, 0.4) is 0 Å². The molecule has 1 saturated carbocycles. The molecule has 0 radical (unpaired) electrons. The van der Waals surface area contributed by atoms with Gasteiger partial charge in [-0.05, 0) is 42.7 Å². The number of nitrogens with one attached hydrogen (secondary N) is 1. The third-order valence-electron chi connectivity index (χ3n) is 7.56. The maximum Gasteiger partial charge on any atom is 0.426 e. The van der Waals surface area contributed by atoms with E-state index in [1.54, 1.807) is 30.5 Å². The van der Waals surface area contributed by atoms with Gasteiger partial charge < -0.3 is 29.9 Å². The van der Waals surface area contributed by atoms with Crippen molar-refractivity contribution in [2.75, 3.05) is 18.5 Å². The van der Waals surface area contributed by atoms with Crippen molar-refractivity contribution >= 4 is 28.1 Å². The number of aliphatic hydroxyl groups excluding tert-OH is 3. The Bertz CT molecular complexity index is 1460. The van der Waals surface area contributed by atoms with Gasteiger partial charge in [0, 0.05) is 28.1 Å². The molecule has 2 heterocycles. The molecule has 7 nitrogen and oxygen atoms in total. The fourth-order valence-electron chi connectivity index (χ4n) is 5.01. The second-order valence-corrected chi connectivity index (χ2v) is 10.8. The number of benzene rings is 2. The molecule has 202 valence electrons. The van der Waals surface area contributed by atoms with Crippen molar-refractivity contribution < 1.29 is 38.0 Å². The first-order chi connectivity index (χ1) is 17.8. The fourth-order valence-corrected chi connectivity index (χ4v) is 5.01. The largest absolute Gasteiger partial charge is 0.428 e. The highest BCUT2D eigenvalue weighted by atomic mass is 19.3. The number of fused-ring (bicyclic) bond motifs is 2. The number of carbonyl (C=O) groups excluding carboxylic acids is 1. The quantitative estimate of drug-likeness (QED) is 0.352. The van der Waals surface area contributed by atoms with Gasteiger partial charge in [-0.2, -0.15) is 8.78 Å². The number of aromatic nitrogens is 1. The summed E-state index contributed by atoms with van der Waals surface area (Å²) in [5, 5.41) is 32.6. The Kier molecular flexibility index (Phi) is 6.13. The Morgan fingerprint density at radius 2 is 1.92 bits per heavy atom. The van der Waals surface area contributed by atoms with Gasteiger partial charge in [-0.15, -0.1) is 0 Å². The van der Waals surface area contributed by atoms with Crippen molar-refractivity contribution in [3.8, 4) is 5.75 Å². The molecule has 1 amide bonds. The molecule has 10 heteroatoms. The number of anilines is 1. The average molecular weight is 531 g/mol. The van der Waals surface area contributed by atoms with Gasteiger partial charge in [0.15, 0.2) is 0 Å². The predicted molar refractivity (Wildman–Crippen MR) is 136 cm³/mol. The zero-order valence-electron chi connectivity index (χ0n) is 21.0. The summed E-state index contributed by atoms with van der Waals surface area (Å²) in [6, 6.07) is 8.92. The van der Waals surface area contributed by atoms with E-state index in [4.69, 9.17) is 0 Å². The molecule has 0 bridgehead atoms. The topological polar surface area (TPSA) is 104 Å². The smallest absolute Gasteiger partial charge is 0.426 e. The summed E-state index contributed by atoms with van der Waals surface area (Å²) in [7, 11) is 0. The van der Waals surface area contributed by atoms with Gasteiger partial charge in [0.05, 0.1) is 48.1 Å². The Balaban J connectivity index is 1.48. The van der Waals surface area contributed by atoms with Gasteiger partial charge in [-0.3, -0.25) is 4.79 Å². The number of nitrogens with zero attached hydrogens (tertiary/aromatic N) is 1. The summed E-state index contributed by atoms with van der Waals surface area (Å²) >= 11 is 0. The summed E-state index contributed by atoms with van der Waals surface area (Å²) in [4.78, 5) is 13.4. The Morgan fingerprint density at radius 1 is 1.21 bits per heavy atom. The standard InChI is InChI=1S/C28H29F3N2O5/c1-15-19-10-17(4-5-23(19)38-28(15,30)31)27(6-7-27)25(37)32-21-8-16-9-24(26(2,3)14-35)33(12-18(36)13-34)22(16)11-20(21)29/h4-5,8-11,18,34-36H,1,6-7,12-14H2,2-3H3,(H,32,37). The highest BCUT2D eigenvalue weighted by molar-refractivity contribution is 6.03. The minimum absolute atomic E-state index is 0.00566. The SMILES string of the molecule is C=C1c2cc(C3(C(=O)Nc4cc5cc(C(C)(C)CO)n(CC(O)CO)c5cc4F)CC3)ccc2OC1(F)F. The van der Waals surface area contributed by atoms with Gasteiger partial charge in [0.1, 0.15) is 11.6 Å². The fraction of sp³-hybridized carbons (Fsp3) is 0.393. The van der Waals surface area contributed by atoms with Crippen LogP contribution in [0.1, 0.15) is 43.5 Å². The molecule has 3 aromatic rings. The zero-order valence-corrected chi connectivity index (χ0v) is 21.0. The van der Waals surface area contributed by atoms with E-state index in [1.165, 1.54) is 24.3 Å². The second-order valence-electron chi connectivity index (χ2n) is 10.8. The first kappa shape index (κ1) is 26.3. The summed E-state index contributed by atoms with van der Waals surface area (Å²) in [5.74, 6) is -1.17. The number of halogens is 3. The highest BCUT2D eigenvalue weighted by Gasteiger charge is 2.53. The number of ether oxygens (including phenoxy) is 1. The number of alkyl halides is 2. The maximum absolute atomic E-state index is 15.3. The van der Waals surface area contributed by atoms with Crippen molar-refractivity contribution in [2.45, 2.75) is 56.3 Å². The summed E-state index contributed by atoms with van der Waals surface area (Å²) in [6.07, 6.45) is -3.67. The number of hydrogen-bond acceptors (Lipinski definition) is 5. The molecule has 1 aromatic heterocycles. The van der Waals surface area contributed by atoms with Crippen molar-refractivity contribution in [3.63, 3.8) is 0 Å². The highest BCUT2D eigenvalue weighted by Crippen LogP contribution is 2.53. The minimum atomic E-state index is -3.51. The molecule has 5 rings (SSSR count). The molecule has 2 aromatic carbocycles. The molecule has 38 heavy (non-hydrogen) atoms. The molecule has 0 saturated heterocycles. The van der Waals surface area contributed by atoms with Crippen molar-refractivity contribution in [1.82, 2.24) is 4.57 Å². The predicted octanol–water partition coefficient (Wildman–Crippen LogP) is 4.07. The number of rotatable bonds is 8. The zero-order chi connectivity index (χ0) is 27.6. The van der Waals surface area contributed by atoms with E-state index in [-0.39, 0.29) is 30.2 Å². The van der Waals surface area contributed by atoms with Crippen LogP contribution < -0.4 is 10.1 Å². The average Bonchev–Trinajstić information content (AvgIpc) is 3.57. The first-order valence-electron chi connectivity index (χ1n) is 12.3. The van der Waals surface area contributed by atoms with Crippen LogP contribution in [0.25, 0.3) is 16.5 Å². The molecule has 4 N–H and O–H groups in total. The van der Waals surface area contributed by atoms with Gasteiger partial charge in [-0.1, -0.05) is 26.5 Å². The minimum Gasteiger partial charge on any atom is -0.428 e. The van der Waals surface area contributed by atoms with Crippen LogP contribution in [0.15, 0.2) is 43.0 Å². The number of carbonyl (C=O) groups is 1. The number of aliphatic hydroxyl groups is 3. The van der Waals surface area contributed by atoms with Crippen molar-refractivity contribution in [3.05, 3.63) is 65.6 Å². The van der Waals surface area contributed by atoms with E-state index < -0.39 is 46.9 Å². The molecule has 1 aliphatic carbocycles. The van der Waals surface area contributed by atoms with Gasteiger partial charge in [0.2, 0.25) is 5.91 Å². The van der Waals surface area contributed by atoms with E-state index in [2.05, 4.69) is 16.6 Å². The lowest BCUT2D eigenvalue weighted by Crippen LogP contribution is -2.29. The second kappa shape index (κ2) is 8.86. The summed E-state index contributed by atoms with van der Waals surface area (Å²) in [6.45, 7) is 6.31. The van der Waals surface area contributed by atoms with Gasteiger partial charge in [-0.25, -0.2) is 4.39 Å². The Hall–Kier alpha value is -3.34. The van der Waals surface area contributed by atoms with Crippen LogP contribution >= 0.6 is 0 Å². The van der Waals surface area contributed by atoms with Crippen molar-refractivity contribution in [1.29, 1.82) is 0 Å². The van der Waals surface area contributed by atoms with Crippen LogP contribution in [-0.4, -0.2) is 51.2 Å². The molecule has 1 atom stereocenters. The van der Waals surface area contributed by atoms with Crippen LogP contribution in [0.2, 0.25) is 0 Å². The van der Waals surface area contributed by atoms with Crippen LogP contribution in [0.4, 0.5) is 18.9 Å². The molecule has 1 aliphatic heterocycles. The Morgan fingerprint density at radius 3 is 2.55 bits per heavy atom. The maximum atomic E-state index is 15.3. The van der Waals surface area contributed by atoms with Crippen LogP contribution in [0.5, 0.6) is 5.75 Å². The van der Waals surface area contributed by atoms with E-state index in [0.717, 1.165) is 0 Å². The lowest BCUT2D eigenvalue weighted by atomic mass is 9.90. The van der Waals surface area contributed by atoms with E-state index in [1.807, 2.05) is 0 Å². The third-order valence-corrected chi connectivity index (χ3v) is 7.56. The lowest BCUT2D eigenvalue weighted by molar-refractivity contribution is -0.118. The van der Waals surface area contributed by atoms with Gasteiger partial charge in [0.25, 0.3) is 0 Å². The molecule has 1 unspecified atom stereocenters. The molecular formula is C28H29F3N2O5. The third kappa shape index (κ3) is 4.16. The number of amides is 1. The first-order valence-corrected chi connectivity index (χ1v) is 12.3.